The highest BCUT2D eigenvalue weighted by Gasteiger charge is 2.08. The molecule has 0 bridgehead atoms. The minimum absolute atomic E-state index is 0.440. The van der Waals surface area contributed by atoms with Crippen LogP contribution < -0.4 is 0 Å². The fourth-order valence-electron chi connectivity index (χ4n) is 0.771. The molecule has 0 nitrogen and oxygen atoms in total. The van der Waals surface area contributed by atoms with E-state index in [-0.39, 0.29) is 0 Å². The summed E-state index contributed by atoms with van der Waals surface area (Å²) in [5, 5.41) is 0. The van der Waals surface area contributed by atoms with Crippen LogP contribution in [0.25, 0.3) is 6.08 Å². The molecule has 0 aromatic heterocycles. The summed E-state index contributed by atoms with van der Waals surface area (Å²) in [5.74, 6) is -1.40. The van der Waals surface area contributed by atoms with E-state index in [1.807, 2.05) is 0 Å². The van der Waals surface area contributed by atoms with Gasteiger partial charge in [-0.2, -0.15) is 0 Å². The first kappa shape index (κ1) is 8.84. The molecular formula is C9H7F3. The van der Waals surface area contributed by atoms with E-state index in [4.69, 9.17) is 0 Å². The van der Waals surface area contributed by atoms with Gasteiger partial charge in [-0.25, -0.2) is 13.2 Å². The Morgan fingerprint density at radius 2 is 1.75 bits per heavy atom. The zero-order chi connectivity index (χ0) is 8.97. The number of rotatable bonds is 2. The number of hydrogen-bond acceptors (Lipinski definition) is 0. The zero-order valence-electron chi connectivity index (χ0n) is 6.18. The Morgan fingerprint density at radius 3 is 2.25 bits per heavy atom. The molecule has 0 unspecified atom stereocenters. The summed E-state index contributed by atoms with van der Waals surface area (Å²) in [6, 6.07) is 8.16. The Morgan fingerprint density at radius 1 is 1.17 bits per heavy atom. The summed E-state index contributed by atoms with van der Waals surface area (Å²) in [7, 11) is 0. The predicted molar refractivity (Wildman–Crippen MR) is 41.5 cm³/mol. The monoisotopic (exact) mass is 172 g/mol. The van der Waals surface area contributed by atoms with Crippen molar-refractivity contribution < 1.29 is 13.2 Å². The van der Waals surface area contributed by atoms with Gasteiger partial charge in [0.05, 0.1) is 0 Å². The molecule has 0 atom stereocenters. The maximum absolute atomic E-state index is 12.3. The van der Waals surface area contributed by atoms with E-state index in [1.54, 1.807) is 30.3 Å². The van der Waals surface area contributed by atoms with Crippen molar-refractivity contribution >= 4 is 6.08 Å². The standard InChI is InChI=1S/C9H7F3/c10-8(9(11)12)6-7-4-2-1-3-5-7/h1-6,9H. The van der Waals surface area contributed by atoms with Crippen molar-refractivity contribution in [1.82, 2.24) is 0 Å². The third kappa shape index (κ3) is 2.42. The summed E-state index contributed by atoms with van der Waals surface area (Å²) in [6.45, 7) is 0. The summed E-state index contributed by atoms with van der Waals surface area (Å²) >= 11 is 0. The fraction of sp³-hybridized carbons (Fsp3) is 0.111. The highest BCUT2D eigenvalue weighted by atomic mass is 19.3. The molecule has 12 heavy (non-hydrogen) atoms. The minimum Gasteiger partial charge on any atom is -0.205 e. The van der Waals surface area contributed by atoms with Gasteiger partial charge >= 0.3 is 0 Å². The lowest BCUT2D eigenvalue weighted by Gasteiger charge is -1.94. The molecule has 0 N–H and O–H groups in total. The van der Waals surface area contributed by atoms with Crippen molar-refractivity contribution in [3.8, 4) is 0 Å². The molecule has 0 aliphatic carbocycles. The molecule has 0 spiro atoms. The zero-order valence-corrected chi connectivity index (χ0v) is 6.18. The average molecular weight is 172 g/mol. The van der Waals surface area contributed by atoms with Crippen LogP contribution in [0.15, 0.2) is 36.2 Å². The molecular weight excluding hydrogens is 165 g/mol. The molecule has 0 fully saturated rings. The second-order valence-corrected chi connectivity index (χ2v) is 2.24. The lowest BCUT2D eigenvalue weighted by Crippen LogP contribution is -1.89. The van der Waals surface area contributed by atoms with E-state index in [2.05, 4.69) is 0 Å². The molecule has 0 aliphatic heterocycles. The normalized spacial score (nSPS) is 12.2. The highest BCUT2D eigenvalue weighted by Crippen LogP contribution is 2.14. The van der Waals surface area contributed by atoms with Gasteiger partial charge in [0.25, 0.3) is 6.43 Å². The largest absolute Gasteiger partial charge is 0.289 e. The molecule has 1 aromatic carbocycles. The lowest BCUT2D eigenvalue weighted by molar-refractivity contribution is 0.161. The maximum atomic E-state index is 12.3. The molecule has 0 saturated heterocycles. The lowest BCUT2D eigenvalue weighted by atomic mass is 10.2. The first-order valence-electron chi connectivity index (χ1n) is 3.40. The number of halogens is 3. The van der Waals surface area contributed by atoms with E-state index in [0.717, 1.165) is 6.08 Å². The minimum atomic E-state index is -3.02. The van der Waals surface area contributed by atoms with Gasteiger partial charge in [0.1, 0.15) is 0 Å². The first-order valence-corrected chi connectivity index (χ1v) is 3.40. The fourth-order valence-corrected chi connectivity index (χ4v) is 0.771. The van der Waals surface area contributed by atoms with Gasteiger partial charge in [-0.05, 0) is 11.6 Å². The molecule has 1 rings (SSSR count). The van der Waals surface area contributed by atoms with E-state index in [9.17, 15) is 13.2 Å². The van der Waals surface area contributed by atoms with Gasteiger partial charge in [0.2, 0.25) is 0 Å². The molecule has 0 saturated carbocycles. The average Bonchev–Trinajstić information content (AvgIpc) is 2.06. The number of alkyl halides is 2. The molecule has 0 radical (unpaired) electrons. The summed E-state index contributed by atoms with van der Waals surface area (Å²) < 4.78 is 35.7. The van der Waals surface area contributed by atoms with Crippen molar-refractivity contribution in [1.29, 1.82) is 0 Å². The van der Waals surface area contributed by atoms with E-state index < -0.39 is 12.3 Å². The van der Waals surface area contributed by atoms with Crippen molar-refractivity contribution in [3.05, 3.63) is 41.7 Å². The summed E-state index contributed by atoms with van der Waals surface area (Å²) in [4.78, 5) is 0. The van der Waals surface area contributed by atoms with Crippen molar-refractivity contribution in [2.45, 2.75) is 6.43 Å². The third-order valence-corrected chi connectivity index (χ3v) is 1.31. The van der Waals surface area contributed by atoms with Gasteiger partial charge in [-0.1, -0.05) is 30.3 Å². The van der Waals surface area contributed by atoms with Crippen LogP contribution in [-0.2, 0) is 0 Å². The Balaban J connectivity index is 2.81. The van der Waals surface area contributed by atoms with Crippen LogP contribution in [0.2, 0.25) is 0 Å². The van der Waals surface area contributed by atoms with Gasteiger partial charge in [0, 0.05) is 0 Å². The SMILES string of the molecule is FC(=Cc1ccccc1)C(F)F. The van der Waals surface area contributed by atoms with Crippen molar-refractivity contribution in [2.75, 3.05) is 0 Å². The van der Waals surface area contributed by atoms with Crippen LogP contribution >= 0.6 is 0 Å². The molecule has 64 valence electrons. The van der Waals surface area contributed by atoms with E-state index in [0.29, 0.717) is 5.56 Å². The Bertz CT molecular complexity index is 264. The maximum Gasteiger partial charge on any atom is 0.289 e. The molecule has 1 aromatic rings. The van der Waals surface area contributed by atoms with Gasteiger partial charge in [-0.3, -0.25) is 0 Å². The summed E-state index contributed by atoms with van der Waals surface area (Å²) in [5.41, 5.74) is 0.440. The smallest absolute Gasteiger partial charge is 0.205 e. The molecule has 3 heteroatoms. The summed E-state index contributed by atoms with van der Waals surface area (Å²) in [6.07, 6.45) is -2.20. The number of hydrogen-bond donors (Lipinski definition) is 0. The number of allylic oxidation sites excluding steroid dienone is 1. The Kier molecular flexibility index (Phi) is 2.91. The second-order valence-electron chi connectivity index (χ2n) is 2.24. The van der Waals surface area contributed by atoms with Gasteiger partial charge in [0.15, 0.2) is 5.83 Å². The van der Waals surface area contributed by atoms with Crippen molar-refractivity contribution in [2.24, 2.45) is 0 Å². The molecule has 0 amide bonds. The van der Waals surface area contributed by atoms with Crippen LogP contribution in [0, 0.1) is 0 Å². The van der Waals surface area contributed by atoms with E-state index >= 15 is 0 Å². The van der Waals surface area contributed by atoms with Gasteiger partial charge in [-0.15, -0.1) is 0 Å². The van der Waals surface area contributed by atoms with Crippen LogP contribution in [0.4, 0.5) is 13.2 Å². The second kappa shape index (κ2) is 3.95. The van der Waals surface area contributed by atoms with Crippen LogP contribution in [0.3, 0.4) is 0 Å². The third-order valence-electron chi connectivity index (χ3n) is 1.31. The quantitative estimate of drug-likeness (QED) is 0.642. The topological polar surface area (TPSA) is 0 Å². The Labute approximate surface area is 68.3 Å². The molecule has 0 aliphatic rings. The predicted octanol–water partition coefficient (Wildman–Crippen LogP) is 3.26. The van der Waals surface area contributed by atoms with E-state index in [1.165, 1.54) is 0 Å². The van der Waals surface area contributed by atoms with Gasteiger partial charge < -0.3 is 0 Å². The Hall–Kier alpha value is -1.25. The highest BCUT2D eigenvalue weighted by molar-refractivity contribution is 5.51. The number of benzene rings is 1. The first-order chi connectivity index (χ1) is 5.70. The van der Waals surface area contributed by atoms with Crippen LogP contribution in [0.1, 0.15) is 5.56 Å². The van der Waals surface area contributed by atoms with Crippen LogP contribution in [-0.4, -0.2) is 6.43 Å². The molecule has 0 heterocycles. The van der Waals surface area contributed by atoms with Crippen LogP contribution in [0.5, 0.6) is 0 Å². The van der Waals surface area contributed by atoms with Crippen molar-refractivity contribution in [3.63, 3.8) is 0 Å².